The monoisotopic (exact) mass is 230 g/mol. The van der Waals surface area contributed by atoms with Gasteiger partial charge in [-0.05, 0) is 35.0 Å². The fourth-order valence-corrected chi connectivity index (χ4v) is 2.47. The van der Waals surface area contributed by atoms with Gasteiger partial charge in [-0.25, -0.2) is 4.68 Å². The first-order valence-corrected chi connectivity index (χ1v) is 5.84. The van der Waals surface area contributed by atoms with Crippen LogP contribution < -0.4 is 5.73 Å². The van der Waals surface area contributed by atoms with Crippen molar-refractivity contribution in [1.29, 1.82) is 0 Å². The molecule has 0 bridgehead atoms. The van der Waals surface area contributed by atoms with E-state index in [1.165, 1.54) is 10.1 Å². The molecule has 2 aromatic heterocycles. The van der Waals surface area contributed by atoms with E-state index >= 15 is 0 Å². The summed E-state index contributed by atoms with van der Waals surface area (Å²) in [6.07, 6.45) is 1.69. The lowest BCUT2D eigenvalue weighted by molar-refractivity contribution is 0.762. The molecule has 0 unspecified atom stereocenters. The van der Waals surface area contributed by atoms with Crippen LogP contribution in [0, 0.1) is 0 Å². The molecule has 5 heteroatoms. The Morgan fingerprint density at radius 1 is 1.31 bits per heavy atom. The zero-order valence-corrected chi connectivity index (χ0v) is 9.31. The van der Waals surface area contributed by atoms with Crippen molar-refractivity contribution in [3.05, 3.63) is 41.5 Å². The minimum Gasteiger partial charge on any atom is -0.325 e. The lowest BCUT2D eigenvalue weighted by Gasteiger charge is -2.04. The van der Waals surface area contributed by atoms with E-state index in [0.29, 0.717) is 6.54 Å². The van der Waals surface area contributed by atoms with Gasteiger partial charge < -0.3 is 5.73 Å². The molecule has 0 saturated carbocycles. The van der Waals surface area contributed by atoms with Crippen LogP contribution in [0.25, 0.3) is 15.8 Å². The lowest BCUT2D eigenvalue weighted by atomic mass is 10.2. The maximum absolute atomic E-state index is 5.63. The van der Waals surface area contributed by atoms with Crippen molar-refractivity contribution in [2.75, 3.05) is 0 Å². The van der Waals surface area contributed by atoms with Crippen LogP contribution in [-0.2, 0) is 6.54 Å². The molecule has 0 aliphatic rings. The molecule has 3 rings (SSSR count). The van der Waals surface area contributed by atoms with Gasteiger partial charge in [-0.15, -0.1) is 16.4 Å². The number of rotatable bonds is 2. The molecule has 2 N–H and O–H groups in total. The minimum absolute atomic E-state index is 0.439. The lowest BCUT2D eigenvalue weighted by Crippen LogP contribution is -2.06. The third kappa shape index (κ3) is 1.41. The Balaban J connectivity index is 2.18. The van der Waals surface area contributed by atoms with Gasteiger partial charge in [-0.3, -0.25) is 0 Å². The van der Waals surface area contributed by atoms with Gasteiger partial charge in [0.05, 0.1) is 17.6 Å². The molecule has 0 spiro atoms. The molecular weight excluding hydrogens is 220 g/mol. The summed E-state index contributed by atoms with van der Waals surface area (Å²) < 4.78 is 3.05. The molecule has 3 aromatic rings. The van der Waals surface area contributed by atoms with Crippen molar-refractivity contribution < 1.29 is 0 Å². The predicted octanol–water partition coefficient (Wildman–Crippen LogP) is 1.94. The fraction of sp³-hybridized carbons (Fsp3) is 0.0909. The number of thiophene rings is 1. The van der Waals surface area contributed by atoms with E-state index < -0.39 is 0 Å². The standard InChI is InChI=1S/C11H10N4S/c12-6-10-7-13-14-15(10)9-1-2-11-8(5-9)3-4-16-11/h1-5,7H,6,12H2. The van der Waals surface area contributed by atoms with Crippen molar-refractivity contribution in [3.8, 4) is 5.69 Å². The SMILES string of the molecule is NCc1cnnn1-c1ccc2sccc2c1. The second kappa shape index (κ2) is 3.70. The molecule has 0 amide bonds. The Bertz CT molecular complexity index is 625. The quantitative estimate of drug-likeness (QED) is 0.732. The maximum atomic E-state index is 5.63. The first kappa shape index (κ1) is 9.50. The Morgan fingerprint density at radius 2 is 2.25 bits per heavy atom. The van der Waals surface area contributed by atoms with Gasteiger partial charge in [-0.2, -0.15) is 0 Å². The smallest absolute Gasteiger partial charge is 0.0781 e. The van der Waals surface area contributed by atoms with Crippen LogP contribution >= 0.6 is 11.3 Å². The van der Waals surface area contributed by atoms with Crippen molar-refractivity contribution in [2.45, 2.75) is 6.54 Å². The molecule has 0 saturated heterocycles. The van der Waals surface area contributed by atoms with Crippen molar-refractivity contribution in [3.63, 3.8) is 0 Å². The van der Waals surface area contributed by atoms with Crippen molar-refractivity contribution in [2.24, 2.45) is 5.73 Å². The van der Waals surface area contributed by atoms with E-state index in [1.807, 2.05) is 6.07 Å². The number of aromatic nitrogens is 3. The molecule has 0 fully saturated rings. The van der Waals surface area contributed by atoms with Crippen molar-refractivity contribution >= 4 is 21.4 Å². The third-order valence-electron chi connectivity index (χ3n) is 2.51. The largest absolute Gasteiger partial charge is 0.325 e. The second-order valence-electron chi connectivity index (χ2n) is 3.48. The van der Waals surface area contributed by atoms with E-state index in [-0.39, 0.29) is 0 Å². The summed E-state index contributed by atoms with van der Waals surface area (Å²) in [4.78, 5) is 0. The van der Waals surface area contributed by atoms with Crippen LogP contribution in [-0.4, -0.2) is 15.0 Å². The van der Waals surface area contributed by atoms with Crippen LogP contribution in [0.2, 0.25) is 0 Å². The first-order valence-electron chi connectivity index (χ1n) is 4.96. The summed E-state index contributed by atoms with van der Waals surface area (Å²) in [5.74, 6) is 0. The molecule has 4 nitrogen and oxygen atoms in total. The molecule has 0 radical (unpaired) electrons. The molecule has 0 aliphatic heterocycles. The molecule has 80 valence electrons. The summed E-state index contributed by atoms with van der Waals surface area (Å²) in [6, 6.07) is 8.33. The highest BCUT2D eigenvalue weighted by Gasteiger charge is 2.05. The zero-order chi connectivity index (χ0) is 11.0. The Hall–Kier alpha value is -1.72. The number of hydrogen-bond acceptors (Lipinski definition) is 4. The summed E-state index contributed by atoms with van der Waals surface area (Å²) >= 11 is 1.73. The van der Waals surface area contributed by atoms with Crippen molar-refractivity contribution in [1.82, 2.24) is 15.0 Å². The first-order chi connectivity index (χ1) is 7.88. The molecule has 0 aliphatic carbocycles. The van der Waals surface area contributed by atoms with Gasteiger partial charge in [0, 0.05) is 11.2 Å². The topological polar surface area (TPSA) is 56.7 Å². The second-order valence-corrected chi connectivity index (χ2v) is 4.43. The van der Waals surface area contributed by atoms with Crippen LogP contribution in [0.1, 0.15) is 5.69 Å². The van der Waals surface area contributed by atoms with Gasteiger partial charge in [0.1, 0.15) is 0 Å². The summed E-state index contributed by atoms with van der Waals surface area (Å²) in [5.41, 5.74) is 7.54. The highest BCUT2D eigenvalue weighted by molar-refractivity contribution is 7.17. The predicted molar refractivity (Wildman–Crippen MR) is 64.6 cm³/mol. The average Bonchev–Trinajstić information content (AvgIpc) is 2.96. The highest BCUT2D eigenvalue weighted by Crippen LogP contribution is 2.23. The number of benzene rings is 1. The molecule has 16 heavy (non-hydrogen) atoms. The molecular formula is C11H10N4S. The average molecular weight is 230 g/mol. The van der Waals surface area contributed by atoms with Crippen LogP contribution in [0.3, 0.4) is 0 Å². The van der Waals surface area contributed by atoms with Crippen LogP contribution in [0.5, 0.6) is 0 Å². The van der Waals surface area contributed by atoms with E-state index in [9.17, 15) is 0 Å². The summed E-state index contributed by atoms with van der Waals surface area (Å²) in [5, 5.41) is 11.2. The number of hydrogen-bond donors (Lipinski definition) is 1. The zero-order valence-electron chi connectivity index (χ0n) is 8.50. The Morgan fingerprint density at radius 3 is 3.12 bits per heavy atom. The number of fused-ring (bicyclic) bond motifs is 1. The van der Waals surface area contributed by atoms with Gasteiger partial charge in [0.15, 0.2) is 0 Å². The van der Waals surface area contributed by atoms with E-state index in [2.05, 4.69) is 33.9 Å². The Labute approximate surface area is 96.3 Å². The number of nitrogens with zero attached hydrogens (tertiary/aromatic N) is 3. The minimum atomic E-state index is 0.439. The normalized spacial score (nSPS) is 11.1. The van der Waals surface area contributed by atoms with Gasteiger partial charge in [0.25, 0.3) is 0 Å². The summed E-state index contributed by atoms with van der Waals surface area (Å²) in [7, 11) is 0. The third-order valence-corrected chi connectivity index (χ3v) is 3.41. The molecule has 2 heterocycles. The van der Waals surface area contributed by atoms with Gasteiger partial charge in [0.2, 0.25) is 0 Å². The maximum Gasteiger partial charge on any atom is 0.0781 e. The summed E-state index contributed by atoms with van der Waals surface area (Å²) in [6.45, 7) is 0.439. The highest BCUT2D eigenvalue weighted by atomic mass is 32.1. The Kier molecular flexibility index (Phi) is 2.19. The molecule has 1 aromatic carbocycles. The van der Waals surface area contributed by atoms with Gasteiger partial charge >= 0.3 is 0 Å². The van der Waals surface area contributed by atoms with E-state index in [1.54, 1.807) is 22.2 Å². The fourth-order valence-electron chi connectivity index (χ4n) is 1.70. The van der Waals surface area contributed by atoms with E-state index in [0.717, 1.165) is 11.4 Å². The molecule has 0 atom stereocenters. The van der Waals surface area contributed by atoms with Crippen LogP contribution in [0.4, 0.5) is 0 Å². The number of nitrogens with two attached hydrogens (primary N) is 1. The van der Waals surface area contributed by atoms with E-state index in [4.69, 9.17) is 5.73 Å². The van der Waals surface area contributed by atoms with Crippen LogP contribution in [0.15, 0.2) is 35.8 Å². The van der Waals surface area contributed by atoms with Gasteiger partial charge in [-0.1, -0.05) is 5.21 Å².